The minimum absolute atomic E-state index is 0.0554. The summed E-state index contributed by atoms with van der Waals surface area (Å²) >= 11 is 0. The van der Waals surface area contributed by atoms with Crippen molar-refractivity contribution in [1.82, 2.24) is 15.2 Å². The largest absolute Gasteiger partial charge is 0.409 e. The molecule has 1 unspecified atom stereocenters. The van der Waals surface area contributed by atoms with Crippen LogP contribution >= 0.6 is 0 Å². The van der Waals surface area contributed by atoms with Gasteiger partial charge in [0.15, 0.2) is 5.84 Å². The van der Waals surface area contributed by atoms with Crippen LogP contribution in [0.25, 0.3) is 0 Å². The van der Waals surface area contributed by atoms with E-state index in [1.807, 2.05) is 12.1 Å². The second-order valence-electron chi connectivity index (χ2n) is 5.40. The lowest BCUT2D eigenvalue weighted by atomic mass is 9.98. The van der Waals surface area contributed by atoms with Crippen LogP contribution in [-0.2, 0) is 6.54 Å². The molecule has 0 aliphatic carbocycles. The summed E-state index contributed by atoms with van der Waals surface area (Å²) in [5.41, 5.74) is 7.13. The molecule has 1 aromatic heterocycles. The number of nitrogens with one attached hydrogen (secondary N) is 1. The van der Waals surface area contributed by atoms with Crippen LogP contribution in [0.1, 0.15) is 24.1 Å². The van der Waals surface area contributed by atoms with E-state index >= 15 is 0 Å². The topological polar surface area (TPSA) is 86.8 Å². The average molecular weight is 277 g/mol. The van der Waals surface area contributed by atoms with Gasteiger partial charge < -0.3 is 21.2 Å². The molecule has 1 aliphatic heterocycles. The van der Waals surface area contributed by atoms with Crippen LogP contribution in [0.4, 0.5) is 0 Å². The zero-order chi connectivity index (χ0) is 14.4. The van der Waals surface area contributed by atoms with Crippen LogP contribution in [0, 0.1) is 5.92 Å². The lowest BCUT2D eigenvalue weighted by molar-refractivity contribution is 0.206. The van der Waals surface area contributed by atoms with Crippen LogP contribution in [0.15, 0.2) is 23.5 Å². The predicted octanol–water partition coefficient (Wildman–Crippen LogP) is 0.608. The van der Waals surface area contributed by atoms with E-state index in [1.54, 1.807) is 6.20 Å². The van der Waals surface area contributed by atoms with Crippen molar-refractivity contribution in [2.24, 2.45) is 16.8 Å². The Kier molecular flexibility index (Phi) is 5.31. The standard InChI is InChI=1S/C14H23N5O/c1-19-7-3-4-11(10-19)8-16-9-12-5-2-6-17-13(12)14(15)18-20/h2,5-6,11,16,20H,3-4,7-10H2,1H3,(H2,15,18). The fourth-order valence-electron chi connectivity index (χ4n) is 2.71. The second kappa shape index (κ2) is 7.21. The lowest BCUT2D eigenvalue weighted by Crippen LogP contribution is -2.37. The van der Waals surface area contributed by atoms with Gasteiger partial charge in [-0.25, -0.2) is 0 Å². The maximum atomic E-state index is 8.77. The summed E-state index contributed by atoms with van der Waals surface area (Å²) in [6.45, 7) is 4.01. The number of hydrogen-bond donors (Lipinski definition) is 3. The molecule has 6 nitrogen and oxygen atoms in total. The van der Waals surface area contributed by atoms with E-state index in [0.717, 1.165) is 18.7 Å². The number of hydrogen-bond acceptors (Lipinski definition) is 5. The highest BCUT2D eigenvalue weighted by Crippen LogP contribution is 2.14. The van der Waals surface area contributed by atoms with Crippen molar-refractivity contribution in [2.45, 2.75) is 19.4 Å². The third-order valence-corrected chi connectivity index (χ3v) is 3.71. The van der Waals surface area contributed by atoms with Gasteiger partial charge in [-0.3, -0.25) is 4.98 Å². The Balaban J connectivity index is 1.88. The van der Waals surface area contributed by atoms with Gasteiger partial charge in [0.2, 0.25) is 0 Å². The Labute approximate surface area is 119 Å². The van der Waals surface area contributed by atoms with Crippen molar-refractivity contribution in [3.8, 4) is 0 Å². The molecule has 0 aromatic carbocycles. The normalized spacial score (nSPS) is 21.1. The average Bonchev–Trinajstić information content (AvgIpc) is 2.47. The third kappa shape index (κ3) is 3.91. The van der Waals surface area contributed by atoms with E-state index in [4.69, 9.17) is 10.9 Å². The molecule has 0 saturated carbocycles. The molecule has 0 amide bonds. The van der Waals surface area contributed by atoms with E-state index in [0.29, 0.717) is 18.2 Å². The quantitative estimate of drug-likeness (QED) is 0.318. The number of pyridine rings is 1. The molecule has 1 atom stereocenters. The van der Waals surface area contributed by atoms with Gasteiger partial charge in [-0.15, -0.1) is 0 Å². The van der Waals surface area contributed by atoms with Crippen molar-refractivity contribution in [3.63, 3.8) is 0 Å². The summed E-state index contributed by atoms with van der Waals surface area (Å²) in [5.74, 6) is 0.748. The summed E-state index contributed by atoms with van der Waals surface area (Å²) in [6, 6.07) is 3.81. The van der Waals surface area contributed by atoms with Gasteiger partial charge >= 0.3 is 0 Å². The maximum absolute atomic E-state index is 8.77. The Bertz CT molecular complexity index is 463. The van der Waals surface area contributed by atoms with Crippen LogP contribution in [-0.4, -0.2) is 47.6 Å². The first-order chi connectivity index (χ1) is 9.70. The molecule has 0 bridgehead atoms. The molecular formula is C14H23N5O. The number of nitrogens with zero attached hydrogens (tertiary/aromatic N) is 3. The molecular weight excluding hydrogens is 254 g/mol. The zero-order valence-electron chi connectivity index (χ0n) is 11.9. The smallest absolute Gasteiger partial charge is 0.189 e. The number of nitrogens with two attached hydrogens (primary N) is 1. The SMILES string of the molecule is CN1CCCC(CNCc2cccnc2C(N)=NO)C1. The van der Waals surface area contributed by atoms with Gasteiger partial charge in [0, 0.05) is 19.3 Å². The van der Waals surface area contributed by atoms with Gasteiger partial charge in [0.05, 0.1) is 0 Å². The third-order valence-electron chi connectivity index (χ3n) is 3.71. The number of piperidine rings is 1. The zero-order valence-corrected chi connectivity index (χ0v) is 11.9. The molecule has 110 valence electrons. The number of rotatable bonds is 5. The fraction of sp³-hybridized carbons (Fsp3) is 0.571. The summed E-state index contributed by atoms with van der Waals surface area (Å²) < 4.78 is 0. The van der Waals surface area contributed by atoms with Crippen LogP contribution in [0.5, 0.6) is 0 Å². The van der Waals surface area contributed by atoms with Crippen molar-refractivity contribution in [3.05, 3.63) is 29.6 Å². The monoisotopic (exact) mass is 277 g/mol. The minimum Gasteiger partial charge on any atom is -0.409 e. The van der Waals surface area contributed by atoms with Crippen molar-refractivity contribution >= 4 is 5.84 Å². The van der Waals surface area contributed by atoms with E-state index in [1.165, 1.54) is 19.4 Å². The molecule has 2 heterocycles. The van der Waals surface area contributed by atoms with Gasteiger partial charge in [0.1, 0.15) is 5.69 Å². The molecule has 1 aliphatic rings. The Hall–Kier alpha value is -1.66. The number of aromatic nitrogens is 1. The van der Waals surface area contributed by atoms with Crippen molar-refractivity contribution < 1.29 is 5.21 Å². The summed E-state index contributed by atoms with van der Waals surface area (Å²) in [7, 11) is 2.17. The summed E-state index contributed by atoms with van der Waals surface area (Å²) in [4.78, 5) is 6.54. The highest BCUT2D eigenvalue weighted by atomic mass is 16.4. The molecule has 1 fully saturated rings. The van der Waals surface area contributed by atoms with Gasteiger partial charge in [-0.05, 0) is 50.5 Å². The van der Waals surface area contributed by atoms with Gasteiger partial charge in [-0.2, -0.15) is 0 Å². The van der Waals surface area contributed by atoms with E-state index < -0.39 is 0 Å². The van der Waals surface area contributed by atoms with Crippen LogP contribution < -0.4 is 11.1 Å². The molecule has 1 aromatic rings. The van der Waals surface area contributed by atoms with E-state index in [9.17, 15) is 0 Å². The van der Waals surface area contributed by atoms with Gasteiger partial charge in [0.25, 0.3) is 0 Å². The molecule has 0 spiro atoms. The molecule has 4 N–H and O–H groups in total. The van der Waals surface area contributed by atoms with E-state index in [-0.39, 0.29) is 5.84 Å². The second-order valence-corrected chi connectivity index (χ2v) is 5.40. The maximum Gasteiger partial charge on any atom is 0.189 e. The van der Waals surface area contributed by atoms with Crippen molar-refractivity contribution in [1.29, 1.82) is 0 Å². The number of oxime groups is 1. The molecule has 1 saturated heterocycles. The lowest BCUT2D eigenvalue weighted by Gasteiger charge is -2.29. The first-order valence-corrected chi connectivity index (χ1v) is 7.01. The minimum atomic E-state index is 0.0554. The Morgan fingerprint density at radius 3 is 3.25 bits per heavy atom. The molecule has 6 heteroatoms. The highest BCUT2D eigenvalue weighted by Gasteiger charge is 2.16. The Morgan fingerprint density at radius 2 is 2.50 bits per heavy atom. The first kappa shape index (κ1) is 14.7. The van der Waals surface area contributed by atoms with Crippen LogP contribution in [0.3, 0.4) is 0 Å². The van der Waals surface area contributed by atoms with Crippen LogP contribution in [0.2, 0.25) is 0 Å². The predicted molar refractivity (Wildman–Crippen MR) is 78.7 cm³/mol. The number of likely N-dealkylation sites (tertiary alicyclic amines) is 1. The molecule has 0 radical (unpaired) electrons. The molecule has 2 rings (SSSR count). The van der Waals surface area contributed by atoms with E-state index in [2.05, 4.69) is 27.4 Å². The Morgan fingerprint density at radius 1 is 1.65 bits per heavy atom. The number of amidine groups is 1. The first-order valence-electron chi connectivity index (χ1n) is 7.01. The fourth-order valence-corrected chi connectivity index (χ4v) is 2.71. The molecule has 20 heavy (non-hydrogen) atoms. The highest BCUT2D eigenvalue weighted by molar-refractivity contribution is 5.96. The van der Waals surface area contributed by atoms with Crippen molar-refractivity contribution in [2.75, 3.05) is 26.7 Å². The summed E-state index contributed by atoms with van der Waals surface area (Å²) in [6.07, 6.45) is 4.19. The van der Waals surface area contributed by atoms with Gasteiger partial charge in [-0.1, -0.05) is 11.2 Å². The summed E-state index contributed by atoms with van der Waals surface area (Å²) in [5, 5.41) is 15.2.